The highest BCUT2D eigenvalue weighted by atomic mass is 16.1. The normalized spacial score (nSPS) is 10.4. The lowest BCUT2D eigenvalue weighted by molar-refractivity contribution is -0.120. The molecule has 0 aromatic heterocycles. The van der Waals surface area contributed by atoms with Gasteiger partial charge in [-0.25, -0.2) is 0 Å². The monoisotopic (exact) mass is 305 g/mol. The zero-order valence-corrected chi connectivity index (χ0v) is 14.5. The van der Waals surface area contributed by atoms with Crippen LogP contribution in [0.25, 0.3) is 0 Å². The van der Waals surface area contributed by atoms with Crippen LogP contribution in [0.1, 0.15) is 45.6 Å². The Balaban J connectivity index is 2.45. The zero-order chi connectivity index (χ0) is 16.4. The van der Waals surface area contributed by atoms with Crippen molar-refractivity contribution in [1.82, 2.24) is 5.32 Å². The number of aryl methyl sites for hydroxylation is 1. The van der Waals surface area contributed by atoms with Crippen molar-refractivity contribution in [2.24, 2.45) is 0 Å². The lowest BCUT2D eigenvalue weighted by atomic mass is 10.1. The first-order chi connectivity index (χ1) is 10.6. The molecule has 0 radical (unpaired) electrons. The number of unbranched alkanes of at least 4 members (excludes halogenated alkanes) is 1. The van der Waals surface area contributed by atoms with Crippen LogP contribution in [0.2, 0.25) is 0 Å². The maximum absolute atomic E-state index is 11.7. The summed E-state index contributed by atoms with van der Waals surface area (Å²) in [5.41, 5.74) is 3.58. The van der Waals surface area contributed by atoms with E-state index in [2.05, 4.69) is 61.4 Å². The summed E-state index contributed by atoms with van der Waals surface area (Å²) in [6.07, 6.45) is 2.67. The highest BCUT2D eigenvalue weighted by Gasteiger charge is 2.05. The fraction of sp³-hybridized carbons (Fsp3) is 0.611. The average Bonchev–Trinajstić information content (AvgIpc) is 2.51. The number of nitrogens with one attached hydrogen (secondary N) is 2. The Hall–Kier alpha value is -1.71. The minimum Gasteiger partial charge on any atom is -0.384 e. The van der Waals surface area contributed by atoms with Gasteiger partial charge in [-0.1, -0.05) is 13.3 Å². The molecule has 0 aliphatic rings. The van der Waals surface area contributed by atoms with E-state index in [1.165, 1.54) is 11.3 Å². The van der Waals surface area contributed by atoms with Crippen LogP contribution < -0.4 is 15.5 Å². The van der Waals surface area contributed by atoms with Crippen LogP contribution in [0.15, 0.2) is 18.2 Å². The highest BCUT2D eigenvalue weighted by Crippen LogP contribution is 2.22. The molecule has 4 nitrogen and oxygen atoms in total. The fourth-order valence-electron chi connectivity index (χ4n) is 2.44. The van der Waals surface area contributed by atoms with E-state index in [4.69, 9.17) is 0 Å². The van der Waals surface area contributed by atoms with Crippen molar-refractivity contribution in [2.75, 3.05) is 36.4 Å². The third kappa shape index (κ3) is 5.96. The molecule has 0 aliphatic carbocycles. The Bertz CT molecular complexity index is 456. The molecule has 124 valence electrons. The third-order valence-electron chi connectivity index (χ3n) is 3.86. The number of hydrogen-bond donors (Lipinski definition) is 2. The number of hydrogen-bond acceptors (Lipinski definition) is 3. The first kappa shape index (κ1) is 18.3. The molecule has 0 fully saturated rings. The molecule has 1 aromatic rings. The lowest BCUT2D eigenvalue weighted by Gasteiger charge is -2.22. The van der Waals surface area contributed by atoms with Crippen LogP contribution in [-0.4, -0.2) is 32.1 Å². The van der Waals surface area contributed by atoms with E-state index >= 15 is 0 Å². The average molecular weight is 305 g/mol. The summed E-state index contributed by atoms with van der Waals surface area (Å²) < 4.78 is 0. The van der Waals surface area contributed by atoms with Crippen LogP contribution in [0, 0.1) is 6.92 Å². The summed E-state index contributed by atoms with van der Waals surface area (Å²) in [4.78, 5) is 14.0. The summed E-state index contributed by atoms with van der Waals surface area (Å²) >= 11 is 0. The quantitative estimate of drug-likeness (QED) is 0.650. The molecule has 2 N–H and O–H groups in total. The van der Waals surface area contributed by atoms with Crippen molar-refractivity contribution in [2.45, 2.75) is 47.0 Å². The number of nitrogens with zero attached hydrogens (tertiary/aromatic N) is 1. The van der Waals surface area contributed by atoms with Gasteiger partial charge in [-0.2, -0.15) is 0 Å². The summed E-state index contributed by atoms with van der Waals surface area (Å²) in [5.74, 6) is 0.123. The van der Waals surface area contributed by atoms with Crippen LogP contribution in [0.3, 0.4) is 0 Å². The summed E-state index contributed by atoms with van der Waals surface area (Å²) in [5, 5.41) is 6.30. The van der Waals surface area contributed by atoms with E-state index in [-0.39, 0.29) is 5.91 Å². The van der Waals surface area contributed by atoms with Crippen molar-refractivity contribution in [3.63, 3.8) is 0 Å². The van der Waals surface area contributed by atoms with E-state index in [0.29, 0.717) is 13.0 Å². The van der Waals surface area contributed by atoms with Gasteiger partial charge in [0.1, 0.15) is 0 Å². The molecule has 0 saturated heterocycles. The molecule has 0 saturated carbocycles. The number of carbonyl (C=O) groups excluding carboxylic acids is 1. The highest BCUT2D eigenvalue weighted by molar-refractivity contribution is 5.76. The molecule has 0 bridgehead atoms. The van der Waals surface area contributed by atoms with Gasteiger partial charge in [0.05, 0.1) is 0 Å². The van der Waals surface area contributed by atoms with Gasteiger partial charge >= 0.3 is 0 Å². The second kappa shape index (κ2) is 10.1. The van der Waals surface area contributed by atoms with Gasteiger partial charge < -0.3 is 15.5 Å². The minimum atomic E-state index is 0.123. The van der Waals surface area contributed by atoms with Crippen molar-refractivity contribution >= 4 is 17.3 Å². The first-order valence-corrected chi connectivity index (χ1v) is 8.48. The van der Waals surface area contributed by atoms with E-state index in [1.807, 2.05) is 0 Å². The SMILES string of the molecule is CCCCNC(=O)CCNc1ccc(N(CC)CC)cc1C. The number of anilines is 2. The second-order valence-electron chi connectivity index (χ2n) is 5.55. The fourth-order valence-corrected chi connectivity index (χ4v) is 2.44. The van der Waals surface area contributed by atoms with Crippen LogP contribution in [0.5, 0.6) is 0 Å². The standard InChI is InChI=1S/C18H31N3O/c1-5-8-12-20-18(22)11-13-19-17-10-9-16(14-15(17)4)21(6-2)7-3/h9-10,14,19H,5-8,11-13H2,1-4H3,(H,20,22). The molecular weight excluding hydrogens is 274 g/mol. The van der Waals surface area contributed by atoms with Gasteiger partial charge in [0.15, 0.2) is 0 Å². The molecular formula is C18H31N3O. The van der Waals surface area contributed by atoms with E-state index in [0.717, 1.165) is 38.2 Å². The van der Waals surface area contributed by atoms with Crippen LogP contribution in [0.4, 0.5) is 11.4 Å². The zero-order valence-electron chi connectivity index (χ0n) is 14.5. The molecule has 1 rings (SSSR count). The van der Waals surface area contributed by atoms with Crippen molar-refractivity contribution < 1.29 is 4.79 Å². The van der Waals surface area contributed by atoms with E-state index in [9.17, 15) is 4.79 Å². The number of carbonyl (C=O) groups is 1. The second-order valence-corrected chi connectivity index (χ2v) is 5.55. The molecule has 0 atom stereocenters. The van der Waals surface area contributed by atoms with Crippen molar-refractivity contribution in [3.05, 3.63) is 23.8 Å². The van der Waals surface area contributed by atoms with Crippen LogP contribution >= 0.6 is 0 Å². The van der Waals surface area contributed by atoms with Crippen molar-refractivity contribution in [1.29, 1.82) is 0 Å². The molecule has 0 spiro atoms. The van der Waals surface area contributed by atoms with E-state index in [1.54, 1.807) is 0 Å². The number of rotatable bonds is 10. The van der Waals surface area contributed by atoms with Gasteiger partial charge in [-0.15, -0.1) is 0 Å². The Labute approximate surface area is 135 Å². The third-order valence-corrected chi connectivity index (χ3v) is 3.86. The van der Waals surface area contributed by atoms with Gasteiger partial charge in [-0.05, 0) is 51.0 Å². The molecule has 0 heterocycles. The Morgan fingerprint density at radius 2 is 1.86 bits per heavy atom. The molecule has 0 unspecified atom stereocenters. The summed E-state index contributed by atoms with van der Waals surface area (Å²) in [7, 11) is 0. The Morgan fingerprint density at radius 3 is 2.45 bits per heavy atom. The maximum atomic E-state index is 11.7. The minimum absolute atomic E-state index is 0.123. The Kier molecular flexibility index (Phi) is 8.41. The smallest absolute Gasteiger partial charge is 0.221 e. The molecule has 22 heavy (non-hydrogen) atoms. The van der Waals surface area contributed by atoms with Gasteiger partial charge in [0.25, 0.3) is 0 Å². The summed E-state index contributed by atoms with van der Waals surface area (Å²) in [6.45, 7) is 12.1. The molecule has 0 aliphatic heterocycles. The molecule has 1 aromatic carbocycles. The summed E-state index contributed by atoms with van der Waals surface area (Å²) in [6, 6.07) is 6.46. The Morgan fingerprint density at radius 1 is 1.14 bits per heavy atom. The first-order valence-electron chi connectivity index (χ1n) is 8.48. The number of benzene rings is 1. The van der Waals surface area contributed by atoms with Crippen molar-refractivity contribution in [3.8, 4) is 0 Å². The molecule has 4 heteroatoms. The maximum Gasteiger partial charge on any atom is 0.221 e. The topological polar surface area (TPSA) is 44.4 Å². The van der Waals surface area contributed by atoms with Gasteiger partial charge in [0, 0.05) is 44.0 Å². The number of amides is 1. The van der Waals surface area contributed by atoms with E-state index < -0.39 is 0 Å². The lowest BCUT2D eigenvalue weighted by Crippen LogP contribution is -2.26. The molecule has 1 amide bonds. The predicted octanol–water partition coefficient (Wildman–Crippen LogP) is 3.56. The van der Waals surface area contributed by atoms with Gasteiger partial charge in [0.2, 0.25) is 5.91 Å². The largest absolute Gasteiger partial charge is 0.384 e. The van der Waals surface area contributed by atoms with Crippen LogP contribution in [-0.2, 0) is 4.79 Å². The predicted molar refractivity (Wildman–Crippen MR) is 95.8 cm³/mol. The van der Waals surface area contributed by atoms with Gasteiger partial charge in [-0.3, -0.25) is 4.79 Å².